The van der Waals surface area contributed by atoms with Crippen molar-refractivity contribution in [3.63, 3.8) is 0 Å². The summed E-state index contributed by atoms with van der Waals surface area (Å²) < 4.78 is 9.89. The minimum absolute atomic E-state index is 0.0978. The highest BCUT2D eigenvalue weighted by molar-refractivity contribution is 7.71. The molecule has 1 unspecified atom stereocenters. The molecule has 1 aromatic carbocycles. The predicted octanol–water partition coefficient (Wildman–Crippen LogP) is 1.97. The third kappa shape index (κ3) is 4.31. The van der Waals surface area contributed by atoms with Crippen LogP contribution in [0.3, 0.4) is 0 Å². The molecule has 2 aliphatic heterocycles. The molecular weight excluding hydrogens is 376 g/mol. The second-order valence-electron chi connectivity index (χ2n) is 7.43. The van der Waals surface area contributed by atoms with Gasteiger partial charge in [0.25, 0.3) is 0 Å². The first-order valence-corrected chi connectivity index (χ1v) is 10.2. The monoisotopic (exact) mass is 402 g/mol. The Labute approximate surface area is 169 Å². The molecule has 0 amide bonds. The number of hydrogen-bond donors (Lipinski definition) is 0. The summed E-state index contributed by atoms with van der Waals surface area (Å²) in [6, 6.07) is 7.85. The normalized spacial score (nSPS) is 20.6. The minimum atomic E-state index is 0.0978. The summed E-state index contributed by atoms with van der Waals surface area (Å²) in [6.07, 6.45) is 2.37. The van der Waals surface area contributed by atoms with Gasteiger partial charge in [-0.05, 0) is 66.7 Å². The summed E-state index contributed by atoms with van der Waals surface area (Å²) in [5.41, 5.74) is 1.91. The Bertz CT molecular complexity index is 863. The van der Waals surface area contributed by atoms with Gasteiger partial charge in [0.05, 0.1) is 19.3 Å². The SMILES string of the molecule is CC(=O)c1ccc(N2CCN(Cn3nnn(CC4CCCO4)c3=S)CC2)cc1. The van der Waals surface area contributed by atoms with Crippen LogP contribution in [0, 0.1) is 4.77 Å². The molecular formula is C19H26N6O2S. The zero-order valence-electron chi connectivity index (χ0n) is 16.2. The van der Waals surface area contributed by atoms with Crippen LogP contribution in [0.5, 0.6) is 0 Å². The Morgan fingerprint density at radius 1 is 1.14 bits per heavy atom. The third-order valence-electron chi connectivity index (χ3n) is 5.44. The molecule has 28 heavy (non-hydrogen) atoms. The molecule has 4 rings (SSSR count). The molecule has 9 heteroatoms. The molecule has 2 fully saturated rings. The molecule has 3 heterocycles. The van der Waals surface area contributed by atoms with Gasteiger partial charge >= 0.3 is 0 Å². The van der Waals surface area contributed by atoms with Gasteiger partial charge in [0.2, 0.25) is 4.77 Å². The average molecular weight is 403 g/mol. The van der Waals surface area contributed by atoms with Crippen molar-refractivity contribution in [1.82, 2.24) is 24.7 Å². The number of carbonyl (C=O) groups excluding carboxylic acids is 1. The van der Waals surface area contributed by atoms with Gasteiger partial charge in [-0.2, -0.15) is 0 Å². The number of tetrazole rings is 1. The first kappa shape index (κ1) is 19.2. The Balaban J connectivity index is 1.31. The molecule has 0 spiro atoms. The van der Waals surface area contributed by atoms with E-state index >= 15 is 0 Å². The van der Waals surface area contributed by atoms with Gasteiger partial charge in [0.1, 0.15) is 0 Å². The van der Waals surface area contributed by atoms with Crippen LogP contribution >= 0.6 is 12.2 Å². The predicted molar refractivity (Wildman–Crippen MR) is 108 cm³/mol. The summed E-state index contributed by atoms with van der Waals surface area (Å²) in [5, 5.41) is 8.45. The van der Waals surface area contributed by atoms with Crippen LogP contribution in [0.25, 0.3) is 0 Å². The van der Waals surface area contributed by atoms with Gasteiger partial charge in [-0.25, -0.2) is 9.36 Å². The molecule has 2 aliphatic rings. The van der Waals surface area contributed by atoms with Crippen molar-refractivity contribution in [2.45, 2.75) is 39.1 Å². The van der Waals surface area contributed by atoms with E-state index in [0.29, 0.717) is 18.0 Å². The second kappa shape index (κ2) is 8.50. The lowest BCUT2D eigenvalue weighted by atomic mass is 10.1. The number of ether oxygens (including phenoxy) is 1. The zero-order valence-corrected chi connectivity index (χ0v) is 17.0. The number of anilines is 1. The van der Waals surface area contributed by atoms with Crippen LogP contribution < -0.4 is 4.90 Å². The Hall–Kier alpha value is -2.10. The van der Waals surface area contributed by atoms with Crippen molar-refractivity contribution < 1.29 is 9.53 Å². The smallest absolute Gasteiger partial charge is 0.217 e. The lowest BCUT2D eigenvalue weighted by molar-refractivity contribution is 0.0930. The molecule has 0 bridgehead atoms. The summed E-state index contributed by atoms with van der Waals surface area (Å²) in [7, 11) is 0. The van der Waals surface area contributed by atoms with Crippen LogP contribution in [0.4, 0.5) is 5.69 Å². The molecule has 2 aromatic rings. The topological polar surface area (TPSA) is 68.4 Å². The first-order chi connectivity index (χ1) is 13.6. The van der Waals surface area contributed by atoms with E-state index in [1.807, 2.05) is 24.3 Å². The highest BCUT2D eigenvalue weighted by Gasteiger charge is 2.20. The van der Waals surface area contributed by atoms with Crippen molar-refractivity contribution in [2.24, 2.45) is 0 Å². The van der Waals surface area contributed by atoms with Crippen molar-refractivity contribution in [3.05, 3.63) is 34.6 Å². The number of piperazine rings is 1. The van der Waals surface area contributed by atoms with Gasteiger partial charge in [-0.1, -0.05) is 0 Å². The third-order valence-corrected chi connectivity index (χ3v) is 5.86. The van der Waals surface area contributed by atoms with E-state index in [2.05, 4.69) is 20.2 Å². The van der Waals surface area contributed by atoms with Gasteiger partial charge in [0.15, 0.2) is 5.78 Å². The number of benzene rings is 1. The van der Waals surface area contributed by atoms with E-state index in [0.717, 1.165) is 56.9 Å². The lowest BCUT2D eigenvalue weighted by Crippen LogP contribution is -2.47. The van der Waals surface area contributed by atoms with E-state index < -0.39 is 0 Å². The van der Waals surface area contributed by atoms with E-state index in [4.69, 9.17) is 17.0 Å². The largest absolute Gasteiger partial charge is 0.376 e. The highest BCUT2D eigenvalue weighted by Crippen LogP contribution is 2.18. The van der Waals surface area contributed by atoms with Gasteiger partial charge in [-0.15, -0.1) is 0 Å². The first-order valence-electron chi connectivity index (χ1n) is 9.80. The molecule has 2 saturated heterocycles. The molecule has 0 saturated carbocycles. The molecule has 1 atom stereocenters. The van der Waals surface area contributed by atoms with Crippen LogP contribution in [-0.2, 0) is 18.0 Å². The number of carbonyl (C=O) groups is 1. The molecule has 8 nitrogen and oxygen atoms in total. The summed E-state index contributed by atoms with van der Waals surface area (Å²) in [4.78, 5) is 16.1. The van der Waals surface area contributed by atoms with Gasteiger partial charge < -0.3 is 9.64 Å². The fourth-order valence-corrected chi connectivity index (χ4v) is 3.94. The van der Waals surface area contributed by atoms with E-state index in [1.54, 1.807) is 16.3 Å². The van der Waals surface area contributed by atoms with E-state index in [9.17, 15) is 4.79 Å². The van der Waals surface area contributed by atoms with E-state index in [1.165, 1.54) is 0 Å². The Morgan fingerprint density at radius 3 is 2.50 bits per heavy atom. The molecule has 150 valence electrons. The van der Waals surface area contributed by atoms with Crippen molar-refractivity contribution in [3.8, 4) is 0 Å². The Morgan fingerprint density at radius 2 is 1.86 bits per heavy atom. The fraction of sp³-hybridized carbons (Fsp3) is 0.579. The summed E-state index contributed by atoms with van der Waals surface area (Å²) in [5.74, 6) is 0.0978. The van der Waals surface area contributed by atoms with Crippen LogP contribution in [0.2, 0.25) is 0 Å². The number of aromatic nitrogens is 4. The lowest BCUT2D eigenvalue weighted by Gasteiger charge is -2.35. The van der Waals surface area contributed by atoms with Crippen LogP contribution in [-0.4, -0.2) is 69.4 Å². The number of rotatable bonds is 6. The number of nitrogens with zero attached hydrogens (tertiary/aromatic N) is 6. The number of ketones is 1. The van der Waals surface area contributed by atoms with Crippen molar-refractivity contribution in [1.29, 1.82) is 0 Å². The Kier molecular flexibility index (Phi) is 5.84. The number of Topliss-reactive ketones (excluding diaryl/α,β-unsaturated/α-hetero) is 1. The quantitative estimate of drug-likeness (QED) is 0.540. The zero-order chi connectivity index (χ0) is 19.5. The van der Waals surface area contributed by atoms with Crippen LogP contribution in [0.15, 0.2) is 24.3 Å². The fourth-order valence-electron chi connectivity index (χ4n) is 3.73. The molecule has 0 N–H and O–H groups in total. The second-order valence-corrected chi connectivity index (χ2v) is 7.79. The number of hydrogen-bond acceptors (Lipinski definition) is 7. The molecule has 1 aromatic heterocycles. The van der Waals surface area contributed by atoms with Crippen LogP contribution in [0.1, 0.15) is 30.1 Å². The van der Waals surface area contributed by atoms with E-state index in [-0.39, 0.29) is 11.9 Å². The molecule has 0 aliphatic carbocycles. The molecule has 0 radical (unpaired) electrons. The van der Waals surface area contributed by atoms with Gasteiger partial charge in [0, 0.05) is 44.0 Å². The van der Waals surface area contributed by atoms with Crippen molar-refractivity contribution in [2.75, 3.05) is 37.7 Å². The highest BCUT2D eigenvalue weighted by atomic mass is 32.1. The van der Waals surface area contributed by atoms with Crippen molar-refractivity contribution >= 4 is 23.7 Å². The maximum atomic E-state index is 11.4. The standard InChI is InChI=1S/C19H26N6O2S/c1-15(26)16-4-6-17(7-5-16)23-10-8-22(9-11-23)14-25-19(28)24(20-21-25)13-18-3-2-12-27-18/h4-7,18H,2-3,8-14H2,1H3. The average Bonchev–Trinajstić information content (AvgIpc) is 3.34. The maximum absolute atomic E-state index is 11.4. The maximum Gasteiger partial charge on any atom is 0.217 e. The van der Waals surface area contributed by atoms with Gasteiger partial charge in [-0.3, -0.25) is 9.69 Å². The minimum Gasteiger partial charge on any atom is -0.376 e. The summed E-state index contributed by atoms with van der Waals surface area (Å²) in [6.45, 7) is 7.46. The summed E-state index contributed by atoms with van der Waals surface area (Å²) >= 11 is 5.54.